The van der Waals surface area contributed by atoms with Crippen LogP contribution < -0.4 is 0 Å². The molecule has 0 aromatic carbocycles. The Morgan fingerprint density at radius 1 is 1.56 bits per heavy atom. The van der Waals surface area contributed by atoms with Crippen molar-refractivity contribution < 1.29 is 17.9 Å². The molecule has 8 heteroatoms. The molecule has 0 atom stereocenters. The van der Waals surface area contributed by atoms with Crippen LogP contribution >= 0.6 is 27.3 Å². The van der Waals surface area contributed by atoms with Gasteiger partial charge in [-0.25, -0.2) is 8.42 Å². The average Bonchev–Trinajstić information content (AvgIpc) is 2.71. The smallest absolute Gasteiger partial charge is 0.306 e. The molecule has 0 aliphatic carbocycles. The molecule has 0 saturated carbocycles. The Bertz CT molecular complexity index is 512. The zero-order valence-electron chi connectivity index (χ0n) is 10.1. The van der Waals surface area contributed by atoms with Gasteiger partial charge in [0.15, 0.2) is 0 Å². The van der Waals surface area contributed by atoms with Crippen LogP contribution in [-0.4, -0.2) is 38.6 Å². The van der Waals surface area contributed by atoms with Gasteiger partial charge in [0.2, 0.25) is 10.0 Å². The molecule has 0 saturated heterocycles. The van der Waals surface area contributed by atoms with Crippen LogP contribution in [0.3, 0.4) is 0 Å². The minimum absolute atomic E-state index is 0.128. The predicted octanol–water partition coefficient (Wildman–Crippen LogP) is 1.84. The summed E-state index contributed by atoms with van der Waals surface area (Å²) in [6, 6.07) is 1.87. The van der Waals surface area contributed by atoms with E-state index in [1.807, 2.05) is 11.4 Å². The van der Waals surface area contributed by atoms with Crippen LogP contribution in [0.15, 0.2) is 15.9 Å². The molecule has 5 nitrogen and oxygen atoms in total. The minimum atomic E-state index is -3.43. The second-order valence-electron chi connectivity index (χ2n) is 3.63. The average molecular weight is 356 g/mol. The molecule has 18 heavy (non-hydrogen) atoms. The number of hydrogen-bond donors (Lipinski definition) is 0. The van der Waals surface area contributed by atoms with Gasteiger partial charge < -0.3 is 4.74 Å². The van der Waals surface area contributed by atoms with E-state index in [0.29, 0.717) is 6.54 Å². The molecule has 0 aliphatic rings. The van der Waals surface area contributed by atoms with Crippen LogP contribution in [-0.2, 0) is 26.1 Å². The number of rotatable bonds is 6. The summed E-state index contributed by atoms with van der Waals surface area (Å²) in [5.41, 5.74) is 0. The Morgan fingerprint density at radius 3 is 2.72 bits per heavy atom. The quantitative estimate of drug-likeness (QED) is 0.730. The number of halogens is 1. The van der Waals surface area contributed by atoms with Crippen molar-refractivity contribution in [2.24, 2.45) is 0 Å². The van der Waals surface area contributed by atoms with Crippen LogP contribution in [0.25, 0.3) is 0 Å². The Labute approximate surface area is 119 Å². The molecule has 0 aliphatic heterocycles. The van der Waals surface area contributed by atoms with Crippen LogP contribution in [0.1, 0.15) is 11.3 Å². The van der Waals surface area contributed by atoms with Gasteiger partial charge in [0.1, 0.15) is 0 Å². The van der Waals surface area contributed by atoms with Gasteiger partial charge in [0.25, 0.3) is 0 Å². The lowest BCUT2D eigenvalue weighted by atomic mass is 10.5. The highest BCUT2D eigenvalue weighted by molar-refractivity contribution is 9.10. The third-order valence-electron chi connectivity index (χ3n) is 2.27. The number of ether oxygens (including phenoxy) is 1. The standard InChI is InChI=1S/C10H14BrNO4S2/c1-12(6-9-5-8(11)7-17-9)18(14,15)4-3-10(13)16-2/h5,7H,3-4,6H2,1-2H3. The van der Waals surface area contributed by atoms with Crippen molar-refractivity contribution in [3.63, 3.8) is 0 Å². The zero-order valence-corrected chi connectivity index (χ0v) is 13.3. The summed E-state index contributed by atoms with van der Waals surface area (Å²) in [6.45, 7) is 0.305. The van der Waals surface area contributed by atoms with Gasteiger partial charge in [-0.05, 0) is 22.0 Å². The number of methoxy groups -OCH3 is 1. The predicted molar refractivity (Wildman–Crippen MR) is 73.9 cm³/mol. The number of hydrogen-bond acceptors (Lipinski definition) is 5. The van der Waals surface area contributed by atoms with E-state index in [9.17, 15) is 13.2 Å². The number of sulfonamides is 1. The van der Waals surface area contributed by atoms with Gasteiger partial charge in [-0.2, -0.15) is 4.31 Å². The fourth-order valence-electron chi connectivity index (χ4n) is 1.22. The van der Waals surface area contributed by atoms with Crippen molar-refractivity contribution in [1.29, 1.82) is 0 Å². The summed E-state index contributed by atoms with van der Waals surface area (Å²) in [6.07, 6.45) is -0.128. The lowest BCUT2D eigenvalue weighted by Gasteiger charge is -2.15. The van der Waals surface area contributed by atoms with E-state index in [2.05, 4.69) is 20.7 Å². The van der Waals surface area contributed by atoms with Crippen molar-refractivity contribution in [3.8, 4) is 0 Å². The van der Waals surface area contributed by atoms with Crippen molar-refractivity contribution in [2.75, 3.05) is 19.9 Å². The highest BCUT2D eigenvalue weighted by Gasteiger charge is 2.20. The summed E-state index contributed by atoms with van der Waals surface area (Å²) in [5.74, 6) is -0.756. The topological polar surface area (TPSA) is 63.7 Å². The molecular formula is C10H14BrNO4S2. The first-order valence-electron chi connectivity index (χ1n) is 5.09. The van der Waals surface area contributed by atoms with E-state index in [-0.39, 0.29) is 12.2 Å². The molecule has 102 valence electrons. The monoisotopic (exact) mass is 355 g/mol. The van der Waals surface area contributed by atoms with Gasteiger partial charge in [-0.1, -0.05) is 0 Å². The third-order valence-corrected chi connectivity index (χ3v) is 5.75. The van der Waals surface area contributed by atoms with Crippen LogP contribution in [0.2, 0.25) is 0 Å². The Balaban J connectivity index is 2.59. The minimum Gasteiger partial charge on any atom is -0.469 e. The molecule has 1 aromatic heterocycles. The van der Waals surface area contributed by atoms with E-state index >= 15 is 0 Å². The van der Waals surface area contributed by atoms with Crippen molar-refractivity contribution in [3.05, 3.63) is 20.8 Å². The summed E-state index contributed by atoms with van der Waals surface area (Å²) in [4.78, 5) is 11.9. The number of nitrogens with zero attached hydrogens (tertiary/aromatic N) is 1. The van der Waals surface area contributed by atoms with Crippen LogP contribution in [0.4, 0.5) is 0 Å². The molecule has 1 heterocycles. The van der Waals surface area contributed by atoms with Crippen molar-refractivity contribution in [2.45, 2.75) is 13.0 Å². The fraction of sp³-hybridized carbons (Fsp3) is 0.500. The number of esters is 1. The van der Waals surface area contributed by atoms with Crippen LogP contribution in [0.5, 0.6) is 0 Å². The van der Waals surface area contributed by atoms with E-state index in [1.165, 1.54) is 29.8 Å². The highest BCUT2D eigenvalue weighted by Crippen LogP contribution is 2.21. The van der Waals surface area contributed by atoms with E-state index in [4.69, 9.17) is 0 Å². The van der Waals surface area contributed by atoms with E-state index in [0.717, 1.165) is 9.35 Å². The molecule has 0 radical (unpaired) electrons. The maximum Gasteiger partial charge on any atom is 0.306 e. The first-order chi connectivity index (χ1) is 8.35. The molecule has 0 bridgehead atoms. The maximum atomic E-state index is 11.9. The van der Waals surface area contributed by atoms with Crippen molar-refractivity contribution >= 4 is 43.3 Å². The Hall–Kier alpha value is -0.440. The Morgan fingerprint density at radius 2 is 2.22 bits per heavy atom. The summed E-state index contributed by atoms with van der Waals surface area (Å²) >= 11 is 4.79. The number of carbonyl (C=O) groups is 1. The zero-order chi connectivity index (χ0) is 13.8. The van der Waals surface area contributed by atoms with E-state index < -0.39 is 16.0 Å². The summed E-state index contributed by atoms with van der Waals surface area (Å²) in [7, 11) is -0.692. The first kappa shape index (κ1) is 15.6. The molecule has 0 unspecified atom stereocenters. The molecule has 0 spiro atoms. The molecule has 1 aromatic rings. The van der Waals surface area contributed by atoms with Gasteiger partial charge in [0, 0.05) is 28.3 Å². The summed E-state index contributed by atoms with van der Waals surface area (Å²) in [5, 5.41) is 1.89. The van der Waals surface area contributed by atoms with Gasteiger partial charge >= 0.3 is 5.97 Å². The number of thiophene rings is 1. The normalized spacial score (nSPS) is 11.8. The second kappa shape index (κ2) is 6.65. The molecule has 0 fully saturated rings. The van der Waals surface area contributed by atoms with Crippen molar-refractivity contribution in [1.82, 2.24) is 4.31 Å². The third kappa shape index (κ3) is 4.68. The SMILES string of the molecule is COC(=O)CCS(=O)(=O)N(C)Cc1cc(Br)cs1. The molecule has 1 rings (SSSR count). The maximum absolute atomic E-state index is 11.9. The van der Waals surface area contributed by atoms with Gasteiger partial charge in [-0.3, -0.25) is 4.79 Å². The molecule has 0 amide bonds. The fourth-order valence-corrected chi connectivity index (χ4v) is 3.88. The van der Waals surface area contributed by atoms with Crippen LogP contribution in [0, 0.1) is 0 Å². The van der Waals surface area contributed by atoms with E-state index in [1.54, 1.807) is 0 Å². The largest absolute Gasteiger partial charge is 0.469 e. The molecular weight excluding hydrogens is 342 g/mol. The van der Waals surface area contributed by atoms with Gasteiger partial charge in [0.05, 0.1) is 19.3 Å². The first-order valence-corrected chi connectivity index (χ1v) is 8.37. The summed E-state index contributed by atoms with van der Waals surface area (Å²) < 4.78 is 30.3. The number of carbonyl (C=O) groups excluding carboxylic acids is 1. The lowest BCUT2D eigenvalue weighted by molar-refractivity contribution is -0.140. The Kier molecular flexibility index (Phi) is 5.77. The molecule has 0 N–H and O–H groups in total. The van der Waals surface area contributed by atoms with Gasteiger partial charge in [-0.15, -0.1) is 11.3 Å². The lowest BCUT2D eigenvalue weighted by Crippen LogP contribution is -2.29. The second-order valence-corrected chi connectivity index (χ2v) is 7.74. The highest BCUT2D eigenvalue weighted by atomic mass is 79.9.